The smallest absolute Gasteiger partial charge is 0.320 e. The molecule has 0 aliphatic heterocycles. The molecule has 1 aromatic carbocycles. The van der Waals surface area contributed by atoms with Gasteiger partial charge in [-0.15, -0.1) is 0 Å². The number of esters is 2. The highest BCUT2D eigenvalue weighted by molar-refractivity contribution is 5.94. The Morgan fingerprint density at radius 3 is 2.12 bits per heavy atom. The van der Waals surface area contributed by atoms with E-state index in [4.69, 9.17) is 14.2 Å². The zero-order valence-electron chi connectivity index (χ0n) is 14.7. The number of rotatable bonds is 12. The third-order valence-electron chi connectivity index (χ3n) is 3.54. The quantitative estimate of drug-likeness (QED) is 0.332. The molecule has 0 fully saturated rings. The molecular formula is C19H28O5. The van der Waals surface area contributed by atoms with E-state index in [0.717, 1.165) is 24.8 Å². The Balaban J connectivity index is 2.19. The molecule has 24 heavy (non-hydrogen) atoms. The van der Waals surface area contributed by atoms with E-state index >= 15 is 0 Å². The number of hydrogen-bond acceptors (Lipinski definition) is 5. The van der Waals surface area contributed by atoms with E-state index in [1.165, 1.54) is 0 Å². The fraction of sp³-hybridized carbons (Fsp3) is 0.579. The Labute approximate surface area is 144 Å². The molecule has 134 valence electrons. The van der Waals surface area contributed by atoms with Gasteiger partial charge < -0.3 is 14.2 Å². The molecule has 0 aliphatic rings. The fourth-order valence-corrected chi connectivity index (χ4v) is 2.31. The maximum Gasteiger partial charge on any atom is 0.320 e. The highest BCUT2D eigenvalue weighted by atomic mass is 16.6. The molecule has 0 saturated heterocycles. The van der Waals surface area contributed by atoms with Crippen molar-refractivity contribution in [1.29, 1.82) is 0 Å². The third-order valence-corrected chi connectivity index (χ3v) is 3.54. The predicted octanol–water partition coefficient (Wildman–Crippen LogP) is 3.51. The monoisotopic (exact) mass is 336 g/mol. The Kier molecular flexibility index (Phi) is 10.5. The lowest BCUT2D eigenvalue weighted by Crippen LogP contribution is -2.28. The van der Waals surface area contributed by atoms with E-state index in [0.29, 0.717) is 19.6 Å². The molecular weight excluding hydrogens is 308 g/mol. The Morgan fingerprint density at radius 1 is 0.917 bits per heavy atom. The average Bonchev–Trinajstić information content (AvgIpc) is 2.58. The van der Waals surface area contributed by atoms with Crippen molar-refractivity contribution in [2.75, 3.05) is 19.8 Å². The summed E-state index contributed by atoms with van der Waals surface area (Å²) in [6.45, 7) is 5.26. The van der Waals surface area contributed by atoms with Crippen molar-refractivity contribution < 1.29 is 23.8 Å². The Morgan fingerprint density at radius 2 is 1.54 bits per heavy atom. The lowest BCUT2D eigenvalue weighted by molar-refractivity contribution is -0.161. The highest BCUT2D eigenvalue weighted by Crippen LogP contribution is 2.14. The van der Waals surface area contributed by atoms with Gasteiger partial charge >= 0.3 is 11.9 Å². The zero-order valence-corrected chi connectivity index (χ0v) is 14.7. The number of ether oxygens (including phenoxy) is 3. The lowest BCUT2D eigenvalue weighted by atomic mass is 10.0. The normalized spacial score (nSPS) is 10.6. The number of carbonyl (C=O) groups excluding carboxylic acids is 2. The molecule has 0 aliphatic carbocycles. The van der Waals surface area contributed by atoms with Crippen molar-refractivity contribution in [1.82, 2.24) is 0 Å². The molecule has 0 atom stereocenters. The largest absolute Gasteiger partial charge is 0.465 e. The third kappa shape index (κ3) is 8.11. The van der Waals surface area contributed by atoms with Gasteiger partial charge in [0.25, 0.3) is 0 Å². The summed E-state index contributed by atoms with van der Waals surface area (Å²) in [6, 6.07) is 10.0. The fourth-order valence-electron chi connectivity index (χ4n) is 2.31. The van der Waals surface area contributed by atoms with Gasteiger partial charge in [-0.2, -0.15) is 0 Å². The van der Waals surface area contributed by atoms with Gasteiger partial charge in [-0.25, -0.2) is 0 Å². The van der Waals surface area contributed by atoms with Crippen LogP contribution in [0.15, 0.2) is 30.3 Å². The van der Waals surface area contributed by atoms with Gasteiger partial charge in [-0.05, 0) is 32.3 Å². The molecule has 0 amide bonds. The van der Waals surface area contributed by atoms with Crippen molar-refractivity contribution in [2.24, 2.45) is 5.92 Å². The minimum atomic E-state index is -0.810. The van der Waals surface area contributed by atoms with Gasteiger partial charge in [-0.1, -0.05) is 43.2 Å². The van der Waals surface area contributed by atoms with E-state index in [2.05, 4.69) is 0 Å². The van der Waals surface area contributed by atoms with E-state index in [9.17, 15) is 9.59 Å². The zero-order chi connectivity index (χ0) is 17.6. The first-order chi connectivity index (χ1) is 11.7. The summed E-state index contributed by atoms with van der Waals surface area (Å²) in [6.07, 6.45) is 3.00. The summed E-state index contributed by atoms with van der Waals surface area (Å²) in [5, 5.41) is 0. The molecule has 5 nitrogen and oxygen atoms in total. The highest BCUT2D eigenvalue weighted by Gasteiger charge is 2.28. The van der Waals surface area contributed by atoms with Crippen LogP contribution in [0.3, 0.4) is 0 Å². The topological polar surface area (TPSA) is 61.8 Å². The first-order valence-corrected chi connectivity index (χ1v) is 8.64. The number of unbranched alkanes of at least 4 members (excludes halogenated alkanes) is 2. The van der Waals surface area contributed by atoms with Crippen molar-refractivity contribution in [2.45, 2.75) is 46.1 Å². The maximum atomic E-state index is 11.8. The van der Waals surface area contributed by atoms with Crippen LogP contribution in [0, 0.1) is 5.92 Å². The van der Waals surface area contributed by atoms with E-state index in [1.807, 2.05) is 30.3 Å². The second kappa shape index (κ2) is 12.5. The second-order valence-electron chi connectivity index (χ2n) is 5.44. The molecule has 0 radical (unpaired) electrons. The van der Waals surface area contributed by atoms with Crippen LogP contribution in [0.5, 0.6) is 0 Å². The molecule has 1 aromatic rings. The van der Waals surface area contributed by atoms with Crippen molar-refractivity contribution in [3.63, 3.8) is 0 Å². The van der Waals surface area contributed by atoms with Crippen LogP contribution in [0.4, 0.5) is 0 Å². The van der Waals surface area contributed by atoms with Crippen molar-refractivity contribution in [3.05, 3.63) is 35.9 Å². The molecule has 5 heteroatoms. The standard InChI is InChI=1S/C19H28O5/c1-3-23-18(20)17(19(21)24-4-2)13-9-6-10-14-22-15-16-11-7-5-8-12-16/h5,7-8,11-12,17H,3-4,6,9-10,13-15H2,1-2H3. The number of benzene rings is 1. The van der Waals surface area contributed by atoms with Gasteiger partial charge in [0.2, 0.25) is 0 Å². The molecule has 0 saturated carbocycles. The average molecular weight is 336 g/mol. The van der Waals surface area contributed by atoms with Gasteiger partial charge in [0.15, 0.2) is 5.92 Å². The number of hydrogen-bond donors (Lipinski definition) is 0. The first kappa shape index (κ1) is 20.2. The summed E-state index contributed by atoms with van der Waals surface area (Å²) in [5.74, 6) is -1.79. The van der Waals surface area contributed by atoms with E-state index in [1.54, 1.807) is 13.8 Å². The minimum Gasteiger partial charge on any atom is -0.465 e. The van der Waals surface area contributed by atoms with Crippen LogP contribution in [0.2, 0.25) is 0 Å². The van der Waals surface area contributed by atoms with E-state index in [-0.39, 0.29) is 13.2 Å². The van der Waals surface area contributed by atoms with Crippen LogP contribution < -0.4 is 0 Å². The molecule has 0 spiro atoms. The minimum absolute atomic E-state index is 0.266. The summed E-state index contributed by atoms with van der Waals surface area (Å²) < 4.78 is 15.5. The lowest BCUT2D eigenvalue weighted by Gasteiger charge is -2.14. The second-order valence-corrected chi connectivity index (χ2v) is 5.44. The van der Waals surface area contributed by atoms with Gasteiger partial charge in [0.1, 0.15) is 0 Å². The van der Waals surface area contributed by atoms with Crippen molar-refractivity contribution >= 4 is 11.9 Å². The molecule has 1 rings (SSSR count). The predicted molar refractivity (Wildman–Crippen MR) is 91.3 cm³/mol. The van der Waals surface area contributed by atoms with Gasteiger partial charge in [0, 0.05) is 6.61 Å². The van der Waals surface area contributed by atoms with Crippen LogP contribution in [0.1, 0.15) is 45.1 Å². The van der Waals surface area contributed by atoms with Crippen molar-refractivity contribution in [3.8, 4) is 0 Å². The van der Waals surface area contributed by atoms with Crippen LogP contribution >= 0.6 is 0 Å². The summed E-state index contributed by atoms with van der Waals surface area (Å²) in [7, 11) is 0. The SMILES string of the molecule is CCOC(=O)C(CCCCCOCc1ccccc1)C(=O)OCC. The van der Waals surface area contributed by atoms with Crippen LogP contribution in [-0.4, -0.2) is 31.8 Å². The Bertz CT molecular complexity index is 454. The van der Waals surface area contributed by atoms with Gasteiger partial charge in [0.05, 0.1) is 19.8 Å². The molecule has 0 N–H and O–H groups in total. The molecule has 0 unspecified atom stereocenters. The molecule has 0 heterocycles. The number of carbonyl (C=O) groups is 2. The first-order valence-electron chi connectivity index (χ1n) is 8.64. The Hall–Kier alpha value is -1.88. The summed E-state index contributed by atoms with van der Waals surface area (Å²) >= 11 is 0. The van der Waals surface area contributed by atoms with Gasteiger partial charge in [-0.3, -0.25) is 9.59 Å². The summed E-state index contributed by atoms with van der Waals surface area (Å²) in [4.78, 5) is 23.7. The molecule has 0 bridgehead atoms. The molecule has 0 aromatic heterocycles. The maximum absolute atomic E-state index is 11.8. The van der Waals surface area contributed by atoms with Crippen LogP contribution in [0.25, 0.3) is 0 Å². The van der Waals surface area contributed by atoms with Crippen LogP contribution in [-0.2, 0) is 30.4 Å². The summed E-state index contributed by atoms with van der Waals surface area (Å²) in [5.41, 5.74) is 1.15. The van der Waals surface area contributed by atoms with E-state index < -0.39 is 17.9 Å².